The monoisotopic (exact) mass is 267 g/mol. The number of hydrogen-bond donors (Lipinski definition) is 1. The van der Waals surface area contributed by atoms with Gasteiger partial charge < -0.3 is 9.84 Å². The predicted octanol–water partition coefficient (Wildman–Crippen LogP) is 3.11. The van der Waals surface area contributed by atoms with Gasteiger partial charge in [-0.1, -0.05) is 20.8 Å². The van der Waals surface area contributed by atoms with Crippen LogP contribution in [0.15, 0.2) is 18.2 Å². The summed E-state index contributed by atoms with van der Waals surface area (Å²) in [6.45, 7) is 6.61. The normalized spacial score (nSPS) is 11.1. The van der Waals surface area contributed by atoms with Crippen molar-refractivity contribution in [3.05, 3.63) is 33.9 Å². The van der Waals surface area contributed by atoms with Crippen LogP contribution in [0.2, 0.25) is 0 Å². The minimum Gasteiger partial charge on any atom is -0.493 e. The van der Waals surface area contributed by atoms with Crippen molar-refractivity contribution in [2.24, 2.45) is 5.41 Å². The van der Waals surface area contributed by atoms with Crippen LogP contribution in [0.1, 0.15) is 37.6 Å². The first-order valence-electron chi connectivity index (χ1n) is 5.85. The summed E-state index contributed by atoms with van der Waals surface area (Å²) in [6.07, 6.45) is 0.793. The lowest BCUT2D eigenvalue weighted by Gasteiger charge is -2.18. The Hall–Kier alpha value is -2.11. The fourth-order valence-corrected chi connectivity index (χ4v) is 1.41. The zero-order valence-corrected chi connectivity index (χ0v) is 11.2. The Kier molecular flexibility index (Phi) is 4.47. The molecule has 6 nitrogen and oxygen atoms in total. The molecule has 0 aliphatic heterocycles. The minimum atomic E-state index is -1.33. The molecule has 1 aromatic carbocycles. The molecular weight excluding hydrogens is 250 g/mol. The third-order valence-corrected chi connectivity index (χ3v) is 2.52. The standard InChI is InChI=1S/C13H17NO5/c1-13(2,3)6-7-19-9-4-5-10(12(15)16)11(8-9)14(17)18/h4-5,8H,6-7H2,1-3H3,(H,15,16). The second kappa shape index (κ2) is 5.69. The molecule has 0 saturated carbocycles. The van der Waals surface area contributed by atoms with Crippen LogP contribution < -0.4 is 4.74 Å². The van der Waals surface area contributed by atoms with E-state index >= 15 is 0 Å². The van der Waals surface area contributed by atoms with Crippen molar-refractivity contribution in [1.29, 1.82) is 0 Å². The maximum absolute atomic E-state index is 10.8. The van der Waals surface area contributed by atoms with Crippen LogP contribution in [0.4, 0.5) is 5.69 Å². The molecule has 0 atom stereocenters. The van der Waals surface area contributed by atoms with Crippen molar-refractivity contribution in [3.63, 3.8) is 0 Å². The van der Waals surface area contributed by atoms with Gasteiger partial charge in [0.2, 0.25) is 0 Å². The Morgan fingerprint density at radius 2 is 2.05 bits per heavy atom. The highest BCUT2D eigenvalue weighted by atomic mass is 16.6. The van der Waals surface area contributed by atoms with Gasteiger partial charge in [-0.05, 0) is 24.0 Å². The molecule has 0 spiro atoms. The molecule has 19 heavy (non-hydrogen) atoms. The molecule has 1 rings (SSSR count). The number of carboxylic acids is 1. The molecule has 0 amide bonds. The highest BCUT2D eigenvalue weighted by Crippen LogP contribution is 2.26. The molecule has 1 N–H and O–H groups in total. The lowest BCUT2D eigenvalue weighted by molar-refractivity contribution is -0.385. The fraction of sp³-hybridized carbons (Fsp3) is 0.462. The van der Waals surface area contributed by atoms with Crippen LogP contribution >= 0.6 is 0 Å². The summed E-state index contributed by atoms with van der Waals surface area (Å²) in [5.41, 5.74) is -0.693. The number of nitro groups is 1. The SMILES string of the molecule is CC(C)(C)CCOc1ccc(C(=O)O)c([N+](=O)[O-])c1. The number of nitro benzene ring substituents is 1. The van der Waals surface area contributed by atoms with Crippen molar-refractivity contribution in [2.75, 3.05) is 6.61 Å². The molecule has 1 aromatic rings. The highest BCUT2D eigenvalue weighted by molar-refractivity contribution is 5.92. The van der Waals surface area contributed by atoms with E-state index in [1.54, 1.807) is 0 Å². The summed E-state index contributed by atoms with van der Waals surface area (Å²) in [7, 11) is 0. The summed E-state index contributed by atoms with van der Waals surface area (Å²) >= 11 is 0. The number of carboxylic acid groups (broad SMARTS) is 1. The number of hydrogen-bond acceptors (Lipinski definition) is 4. The zero-order valence-electron chi connectivity index (χ0n) is 11.2. The topological polar surface area (TPSA) is 89.7 Å². The Morgan fingerprint density at radius 3 is 2.53 bits per heavy atom. The van der Waals surface area contributed by atoms with Crippen LogP contribution in [0, 0.1) is 15.5 Å². The number of rotatable bonds is 5. The third-order valence-electron chi connectivity index (χ3n) is 2.52. The Balaban J connectivity index is 2.85. The van der Waals surface area contributed by atoms with Crippen LogP contribution in [0.5, 0.6) is 5.75 Å². The summed E-state index contributed by atoms with van der Waals surface area (Å²) < 4.78 is 5.41. The maximum Gasteiger partial charge on any atom is 0.342 e. The Labute approximate surface area is 111 Å². The molecule has 0 bridgehead atoms. The van der Waals surface area contributed by atoms with E-state index in [1.807, 2.05) is 0 Å². The lowest BCUT2D eigenvalue weighted by atomic mass is 9.93. The highest BCUT2D eigenvalue weighted by Gasteiger charge is 2.20. The summed E-state index contributed by atoms with van der Waals surface area (Å²) in [4.78, 5) is 20.9. The van der Waals surface area contributed by atoms with Crippen molar-refractivity contribution >= 4 is 11.7 Å². The molecule has 0 aromatic heterocycles. The summed E-state index contributed by atoms with van der Waals surface area (Å²) in [5, 5.41) is 19.6. The van der Waals surface area contributed by atoms with Gasteiger partial charge in [0.05, 0.1) is 17.6 Å². The van der Waals surface area contributed by atoms with E-state index in [0.29, 0.717) is 12.4 Å². The van der Waals surface area contributed by atoms with Gasteiger partial charge in [-0.2, -0.15) is 0 Å². The number of carbonyl (C=O) groups is 1. The Morgan fingerprint density at radius 1 is 1.42 bits per heavy atom. The lowest BCUT2D eigenvalue weighted by Crippen LogP contribution is -2.11. The fourth-order valence-electron chi connectivity index (χ4n) is 1.41. The van der Waals surface area contributed by atoms with Gasteiger partial charge in [-0.3, -0.25) is 10.1 Å². The average Bonchev–Trinajstić information content (AvgIpc) is 2.26. The smallest absolute Gasteiger partial charge is 0.342 e. The van der Waals surface area contributed by atoms with E-state index in [0.717, 1.165) is 12.5 Å². The van der Waals surface area contributed by atoms with E-state index in [9.17, 15) is 14.9 Å². The molecule has 0 radical (unpaired) electrons. The van der Waals surface area contributed by atoms with Gasteiger partial charge in [0.1, 0.15) is 11.3 Å². The molecule has 104 valence electrons. The van der Waals surface area contributed by atoms with Gasteiger partial charge in [0.25, 0.3) is 5.69 Å². The van der Waals surface area contributed by atoms with Gasteiger partial charge in [-0.25, -0.2) is 4.79 Å². The van der Waals surface area contributed by atoms with E-state index in [1.165, 1.54) is 12.1 Å². The largest absolute Gasteiger partial charge is 0.493 e. The van der Waals surface area contributed by atoms with Crippen LogP contribution in [0.25, 0.3) is 0 Å². The first-order chi connectivity index (χ1) is 8.70. The third kappa shape index (κ3) is 4.57. The predicted molar refractivity (Wildman–Crippen MR) is 69.6 cm³/mol. The van der Waals surface area contributed by atoms with Crippen LogP contribution in [-0.2, 0) is 0 Å². The molecule has 0 aliphatic carbocycles. The van der Waals surface area contributed by atoms with Crippen molar-refractivity contribution in [3.8, 4) is 5.75 Å². The van der Waals surface area contributed by atoms with Crippen LogP contribution in [0.3, 0.4) is 0 Å². The van der Waals surface area contributed by atoms with Gasteiger partial charge in [0, 0.05) is 0 Å². The molecule has 0 aliphatic rings. The van der Waals surface area contributed by atoms with E-state index in [4.69, 9.17) is 9.84 Å². The van der Waals surface area contributed by atoms with Crippen molar-refractivity contribution < 1.29 is 19.6 Å². The first kappa shape index (κ1) is 14.9. The first-order valence-corrected chi connectivity index (χ1v) is 5.85. The zero-order chi connectivity index (χ0) is 14.6. The molecule has 0 unspecified atom stereocenters. The second-order valence-electron chi connectivity index (χ2n) is 5.40. The molecule has 0 saturated heterocycles. The summed E-state index contributed by atoms with van der Waals surface area (Å²) in [5.74, 6) is -1.02. The molecule has 0 fully saturated rings. The number of aromatic carboxylic acids is 1. The number of ether oxygens (including phenoxy) is 1. The van der Waals surface area contributed by atoms with E-state index < -0.39 is 16.6 Å². The average molecular weight is 267 g/mol. The molecule has 6 heteroatoms. The number of nitrogens with zero attached hydrogens (tertiary/aromatic N) is 1. The Bertz CT molecular complexity index is 490. The minimum absolute atomic E-state index is 0.104. The molecular formula is C13H17NO5. The van der Waals surface area contributed by atoms with Gasteiger partial charge in [0.15, 0.2) is 0 Å². The van der Waals surface area contributed by atoms with E-state index in [2.05, 4.69) is 20.8 Å². The van der Waals surface area contributed by atoms with Gasteiger partial charge in [-0.15, -0.1) is 0 Å². The van der Waals surface area contributed by atoms with Crippen molar-refractivity contribution in [2.45, 2.75) is 27.2 Å². The van der Waals surface area contributed by atoms with Gasteiger partial charge >= 0.3 is 5.97 Å². The van der Waals surface area contributed by atoms with E-state index in [-0.39, 0.29) is 11.0 Å². The maximum atomic E-state index is 10.8. The quantitative estimate of drug-likeness (QED) is 0.654. The van der Waals surface area contributed by atoms with Crippen LogP contribution in [-0.4, -0.2) is 22.6 Å². The molecule has 0 heterocycles. The summed E-state index contributed by atoms with van der Waals surface area (Å²) in [6, 6.07) is 3.76. The number of benzene rings is 1. The van der Waals surface area contributed by atoms with Crippen molar-refractivity contribution in [1.82, 2.24) is 0 Å². The second-order valence-corrected chi connectivity index (χ2v) is 5.40.